The summed E-state index contributed by atoms with van der Waals surface area (Å²) in [6.07, 6.45) is 3.54. The second-order valence-corrected chi connectivity index (χ2v) is 6.13. The van der Waals surface area contributed by atoms with Gasteiger partial charge in [0.1, 0.15) is 5.82 Å². The van der Waals surface area contributed by atoms with E-state index in [1.165, 1.54) is 12.1 Å². The maximum absolute atomic E-state index is 13.0. The van der Waals surface area contributed by atoms with Crippen molar-refractivity contribution in [1.29, 1.82) is 0 Å². The number of carbonyl (C=O) groups is 1. The summed E-state index contributed by atoms with van der Waals surface area (Å²) in [5.74, 6) is -0.493. The molecule has 7 heteroatoms. The number of primary amides is 1. The highest BCUT2D eigenvalue weighted by molar-refractivity contribution is 5.81. The van der Waals surface area contributed by atoms with Gasteiger partial charge in [0.05, 0.1) is 5.92 Å². The molecule has 0 heterocycles. The molecule has 0 radical (unpaired) electrons. The number of benzene rings is 1. The van der Waals surface area contributed by atoms with E-state index in [1.54, 1.807) is 19.2 Å². The highest BCUT2D eigenvalue weighted by atomic mass is 19.1. The van der Waals surface area contributed by atoms with Gasteiger partial charge in [-0.2, -0.15) is 0 Å². The average Bonchev–Trinajstić information content (AvgIpc) is 2.63. The number of nitrogens with two attached hydrogens (primary N) is 1. The number of unbranched alkanes of at least 4 members (excludes halogenated alkanes) is 1. The normalized spacial score (nSPS) is 12.7. The minimum Gasteiger partial charge on any atom is -0.381 e. The van der Waals surface area contributed by atoms with Crippen molar-refractivity contribution >= 4 is 11.9 Å². The number of amides is 1. The van der Waals surface area contributed by atoms with Crippen LogP contribution in [0.4, 0.5) is 4.39 Å². The molecule has 0 aromatic heterocycles. The van der Waals surface area contributed by atoms with Crippen LogP contribution in [0.15, 0.2) is 29.3 Å². The molecule has 1 aromatic carbocycles. The third kappa shape index (κ3) is 9.36. The molecule has 1 rings (SSSR count). The van der Waals surface area contributed by atoms with Crippen LogP contribution in [0, 0.1) is 11.7 Å². The number of hydrogen-bond donors (Lipinski definition) is 3. The van der Waals surface area contributed by atoms with Gasteiger partial charge in [0, 0.05) is 33.4 Å². The molecule has 1 unspecified atom stereocenters. The molecule has 0 saturated carbocycles. The van der Waals surface area contributed by atoms with Gasteiger partial charge in [-0.25, -0.2) is 4.39 Å². The summed E-state index contributed by atoms with van der Waals surface area (Å²) in [5, 5.41) is 6.30. The minimum atomic E-state index is -0.406. The fraction of sp³-hybridized carbons (Fsp3) is 0.579. The number of guanidine groups is 1. The van der Waals surface area contributed by atoms with Crippen molar-refractivity contribution < 1.29 is 13.9 Å². The van der Waals surface area contributed by atoms with Crippen molar-refractivity contribution in [1.82, 2.24) is 10.6 Å². The summed E-state index contributed by atoms with van der Waals surface area (Å²) in [6.45, 7) is 4.73. The third-order valence-corrected chi connectivity index (χ3v) is 3.94. The Hall–Kier alpha value is -2.15. The first-order valence-electron chi connectivity index (χ1n) is 9.12. The number of carbonyl (C=O) groups excluding carboxylic acids is 1. The molecule has 26 heavy (non-hydrogen) atoms. The van der Waals surface area contributed by atoms with Gasteiger partial charge in [-0.15, -0.1) is 0 Å². The fourth-order valence-corrected chi connectivity index (χ4v) is 2.35. The Balaban J connectivity index is 2.34. The number of nitrogens with one attached hydrogen (secondary N) is 2. The molecule has 0 bridgehead atoms. The van der Waals surface area contributed by atoms with Crippen molar-refractivity contribution in [2.45, 2.75) is 32.6 Å². The molecule has 4 N–H and O–H groups in total. The van der Waals surface area contributed by atoms with Crippen molar-refractivity contribution in [2.75, 3.05) is 33.4 Å². The molecular weight excluding hydrogens is 335 g/mol. The Morgan fingerprint density at radius 3 is 2.54 bits per heavy atom. The Kier molecular flexibility index (Phi) is 11.0. The second-order valence-electron chi connectivity index (χ2n) is 6.13. The van der Waals surface area contributed by atoms with E-state index in [-0.39, 0.29) is 5.82 Å². The first-order chi connectivity index (χ1) is 12.6. The number of nitrogens with zero attached hydrogens (tertiary/aromatic N) is 1. The standard InChI is InChI=1S/C19H31FN4O2/c1-3-4-11-26-12-5-10-23-19(22-2)24-14-16(18(21)25)13-15-6-8-17(20)9-7-15/h6-9,16H,3-5,10-14H2,1-2H3,(H2,21,25)(H2,22,23,24). The third-order valence-electron chi connectivity index (χ3n) is 3.94. The summed E-state index contributed by atoms with van der Waals surface area (Å²) in [7, 11) is 1.67. The molecule has 0 saturated heterocycles. The lowest BCUT2D eigenvalue weighted by Crippen LogP contribution is -2.43. The highest BCUT2D eigenvalue weighted by Gasteiger charge is 2.16. The summed E-state index contributed by atoms with van der Waals surface area (Å²) in [4.78, 5) is 15.8. The maximum atomic E-state index is 13.0. The summed E-state index contributed by atoms with van der Waals surface area (Å²) in [6, 6.07) is 6.08. The van der Waals surface area contributed by atoms with Crippen molar-refractivity contribution in [3.63, 3.8) is 0 Å². The van der Waals surface area contributed by atoms with Gasteiger partial charge in [-0.3, -0.25) is 9.79 Å². The lowest BCUT2D eigenvalue weighted by atomic mass is 9.98. The van der Waals surface area contributed by atoms with Gasteiger partial charge < -0.3 is 21.1 Å². The van der Waals surface area contributed by atoms with E-state index in [2.05, 4.69) is 22.5 Å². The van der Waals surface area contributed by atoms with Crippen LogP contribution < -0.4 is 16.4 Å². The van der Waals surface area contributed by atoms with E-state index < -0.39 is 11.8 Å². The Bertz CT molecular complexity index is 549. The van der Waals surface area contributed by atoms with Crippen molar-refractivity contribution in [3.8, 4) is 0 Å². The first kappa shape index (κ1) is 21.9. The fourth-order valence-electron chi connectivity index (χ4n) is 2.35. The van der Waals surface area contributed by atoms with Crippen LogP contribution in [0.2, 0.25) is 0 Å². The number of ether oxygens (including phenoxy) is 1. The Morgan fingerprint density at radius 1 is 1.23 bits per heavy atom. The van der Waals surface area contributed by atoms with Gasteiger partial charge >= 0.3 is 0 Å². The molecule has 0 aliphatic carbocycles. The monoisotopic (exact) mass is 366 g/mol. The van der Waals surface area contributed by atoms with Gasteiger partial charge in [-0.05, 0) is 37.0 Å². The van der Waals surface area contributed by atoms with Crippen LogP contribution in [-0.4, -0.2) is 45.2 Å². The largest absolute Gasteiger partial charge is 0.381 e. The topological polar surface area (TPSA) is 88.7 Å². The van der Waals surface area contributed by atoms with E-state index in [9.17, 15) is 9.18 Å². The zero-order chi connectivity index (χ0) is 19.2. The van der Waals surface area contributed by atoms with Crippen LogP contribution in [0.1, 0.15) is 31.7 Å². The van der Waals surface area contributed by atoms with Crippen LogP contribution in [0.5, 0.6) is 0 Å². The van der Waals surface area contributed by atoms with E-state index in [0.29, 0.717) is 25.5 Å². The number of rotatable bonds is 12. The lowest BCUT2D eigenvalue weighted by molar-refractivity contribution is -0.121. The number of aliphatic imine (C=N–C) groups is 1. The quantitative estimate of drug-likeness (QED) is 0.299. The highest BCUT2D eigenvalue weighted by Crippen LogP contribution is 2.09. The van der Waals surface area contributed by atoms with E-state index in [0.717, 1.165) is 38.0 Å². The minimum absolute atomic E-state index is 0.300. The number of halogens is 1. The smallest absolute Gasteiger partial charge is 0.222 e. The molecule has 0 aliphatic heterocycles. The molecule has 0 fully saturated rings. The average molecular weight is 366 g/mol. The van der Waals surface area contributed by atoms with Gasteiger partial charge in [0.2, 0.25) is 5.91 Å². The van der Waals surface area contributed by atoms with Crippen molar-refractivity contribution in [3.05, 3.63) is 35.6 Å². The molecule has 0 spiro atoms. The summed E-state index contributed by atoms with van der Waals surface area (Å²) < 4.78 is 18.5. The van der Waals surface area contributed by atoms with E-state index >= 15 is 0 Å². The lowest BCUT2D eigenvalue weighted by Gasteiger charge is -2.17. The molecule has 1 aromatic rings. The van der Waals surface area contributed by atoms with E-state index in [1.807, 2.05) is 0 Å². The number of hydrogen-bond acceptors (Lipinski definition) is 3. The van der Waals surface area contributed by atoms with Gasteiger partial charge in [0.15, 0.2) is 5.96 Å². The molecule has 146 valence electrons. The van der Waals surface area contributed by atoms with Crippen LogP contribution >= 0.6 is 0 Å². The molecule has 0 aliphatic rings. The predicted octanol–water partition coefficient (Wildman–Crippen LogP) is 1.84. The SMILES string of the molecule is CCCCOCCCNC(=NC)NCC(Cc1ccc(F)cc1)C(N)=O. The van der Waals surface area contributed by atoms with Crippen molar-refractivity contribution in [2.24, 2.45) is 16.6 Å². The van der Waals surface area contributed by atoms with Crippen LogP contribution in [0.3, 0.4) is 0 Å². The van der Waals surface area contributed by atoms with E-state index in [4.69, 9.17) is 10.5 Å². The molecule has 6 nitrogen and oxygen atoms in total. The van der Waals surface area contributed by atoms with Gasteiger partial charge in [0.25, 0.3) is 0 Å². The van der Waals surface area contributed by atoms with Crippen LogP contribution in [-0.2, 0) is 16.0 Å². The van der Waals surface area contributed by atoms with Gasteiger partial charge in [-0.1, -0.05) is 25.5 Å². The summed E-state index contributed by atoms with van der Waals surface area (Å²) in [5.41, 5.74) is 6.36. The molecular formula is C19H31FN4O2. The van der Waals surface area contributed by atoms with Crippen LogP contribution in [0.25, 0.3) is 0 Å². The second kappa shape index (κ2) is 13.1. The molecule has 1 amide bonds. The Labute approximate surface area is 155 Å². The summed E-state index contributed by atoms with van der Waals surface area (Å²) >= 11 is 0. The zero-order valence-corrected chi connectivity index (χ0v) is 15.8. The maximum Gasteiger partial charge on any atom is 0.222 e. The Morgan fingerprint density at radius 2 is 1.92 bits per heavy atom. The predicted molar refractivity (Wildman–Crippen MR) is 102 cm³/mol. The first-order valence-corrected chi connectivity index (χ1v) is 9.12. The molecule has 1 atom stereocenters. The zero-order valence-electron chi connectivity index (χ0n) is 15.8.